The van der Waals surface area contributed by atoms with Crippen molar-refractivity contribution in [3.05, 3.63) is 46.6 Å². The molecule has 0 atom stereocenters. The maximum absolute atomic E-state index is 5.42. The van der Waals surface area contributed by atoms with Crippen LogP contribution in [-0.2, 0) is 17.6 Å². The Morgan fingerprint density at radius 3 is 2.75 bits per heavy atom. The zero-order valence-corrected chi connectivity index (χ0v) is 16.5. The third-order valence-corrected chi connectivity index (χ3v) is 6.60. The van der Waals surface area contributed by atoms with E-state index in [-0.39, 0.29) is 0 Å². The van der Waals surface area contributed by atoms with E-state index in [0.717, 1.165) is 60.7 Å². The summed E-state index contributed by atoms with van der Waals surface area (Å²) in [5.74, 6) is 0.811. The fourth-order valence-corrected chi connectivity index (χ4v) is 5.16. The number of fused-ring (bicyclic) bond motifs is 3. The highest BCUT2D eigenvalue weighted by Crippen LogP contribution is 2.38. The number of hydrogen-bond donors (Lipinski definition) is 1. The molecule has 1 N–H and O–H groups in total. The molecule has 6 nitrogen and oxygen atoms in total. The molecule has 0 radical (unpaired) electrons. The van der Waals surface area contributed by atoms with Crippen LogP contribution in [0.15, 0.2) is 35.7 Å². The summed E-state index contributed by atoms with van der Waals surface area (Å²) >= 11 is 1.80. The Bertz CT molecular complexity index is 992. The molecule has 5 rings (SSSR count). The lowest BCUT2D eigenvalue weighted by Crippen LogP contribution is -2.36. The zero-order chi connectivity index (χ0) is 18.8. The summed E-state index contributed by atoms with van der Waals surface area (Å²) in [7, 11) is 0. The molecule has 3 heterocycles. The lowest BCUT2D eigenvalue weighted by atomic mass is 9.97. The number of morpholine rings is 1. The maximum atomic E-state index is 5.42. The van der Waals surface area contributed by atoms with E-state index < -0.39 is 0 Å². The molecule has 0 bridgehead atoms. The number of aromatic nitrogens is 2. The smallest absolute Gasteiger partial charge is 0.158 e. The Morgan fingerprint density at radius 1 is 1.07 bits per heavy atom. The molecule has 1 fully saturated rings. The molecule has 28 heavy (non-hydrogen) atoms. The Labute approximate surface area is 168 Å². The van der Waals surface area contributed by atoms with Gasteiger partial charge in [-0.25, -0.2) is 9.97 Å². The van der Waals surface area contributed by atoms with Gasteiger partial charge in [-0.3, -0.25) is 5.43 Å². The van der Waals surface area contributed by atoms with E-state index in [1.54, 1.807) is 17.7 Å². The molecule has 1 aliphatic heterocycles. The second-order valence-electron chi connectivity index (χ2n) is 7.17. The van der Waals surface area contributed by atoms with E-state index in [1.807, 2.05) is 6.21 Å². The van der Waals surface area contributed by atoms with Crippen molar-refractivity contribution >= 4 is 39.3 Å². The molecule has 1 aliphatic carbocycles. The first-order valence-corrected chi connectivity index (χ1v) is 10.7. The second kappa shape index (κ2) is 7.85. The number of nitrogens with one attached hydrogen (secondary N) is 1. The van der Waals surface area contributed by atoms with Gasteiger partial charge in [-0.15, -0.1) is 11.3 Å². The van der Waals surface area contributed by atoms with E-state index in [2.05, 4.69) is 49.7 Å². The van der Waals surface area contributed by atoms with Gasteiger partial charge in [0, 0.05) is 23.7 Å². The first-order chi connectivity index (χ1) is 13.9. The van der Waals surface area contributed by atoms with Crippen molar-refractivity contribution in [3.63, 3.8) is 0 Å². The monoisotopic (exact) mass is 393 g/mol. The van der Waals surface area contributed by atoms with Crippen LogP contribution in [0, 0.1) is 0 Å². The lowest BCUT2D eigenvalue weighted by molar-refractivity contribution is 0.122. The predicted molar refractivity (Wildman–Crippen MR) is 115 cm³/mol. The van der Waals surface area contributed by atoms with Crippen molar-refractivity contribution in [2.75, 3.05) is 36.6 Å². The highest BCUT2D eigenvalue weighted by Gasteiger charge is 2.19. The van der Waals surface area contributed by atoms with E-state index in [9.17, 15) is 0 Å². The quantitative estimate of drug-likeness (QED) is 0.539. The van der Waals surface area contributed by atoms with Crippen LogP contribution >= 0.6 is 11.3 Å². The molecule has 1 saturated heterocycles. The van der Waals surface area contributed by atoms with Crippen molar-refractivity contribution in [3.8, 4) is 0 Å². The molecule has 0 unspecified atom stereocenters. The third-order valence-electron chi connectivity index (χ3n) is 5.40. The van der Waals surface area contributed by atoms with Crippen LogP contribution < -0.4 is 10.3 Å². The van der Waals surface area contributed by atoms with Crippen LogP contribution in [0.1, 0.15) is 28.8 Å². The number of benzene rings is 1. The highest BCUT2D eigenvalue weighted by molar-refractivity contribution is 7.19. The first kappa shape index (κ1) is 17.6. The van der Waals surface area contributed by atoms with Gasteiger partial charge in [0.15, 0.2) is 5.82 Å². The average Bonchev–Trinajstić information content (AvgIpc) is 3.14. The number of hydrogen-bond acceptors (Lipinski definition) is 7. The number of nitrogens with zero attached hydrogens (tertiary/aromatic N) is 4. The van der Waals surface area contributed by atoms with Crippen LogP contribution in [0.25, 0.3) is 10.2 Å². The van der Waals surface area contributed by atoms with E-state index in [4.69, 9.17) is 4.74 Å². The Balaban J connectivity index is 1.32. The second-order valence-corrected chi connectivity index (χ2v) is 8.26. The van der Waals surface area contributed by atoms with Crippen LogP contribution in [0.2, 0.25) is 0 Å². The standard InChI is InChI=1S/C21H23N5OS/c1-2-4-18-17(3-1)19-20(22-14-23-21(19)28-18)25-24-13-15-5-7-16(8-6-15)26-9-11-27-12-10-26/h5-8,13-14H,1-4,9-12H2,(H,22,23,25)/b24-13+. The minimum Gasteiger partial charge on any atom is -0.378 e. The molecule has 0 saturated carbocycles. The Morgan fingerprint density at radius 2 is 1.89 bits per heavy atom. The van der Waals surface area contributed by atoms with Gasteiger partial charge in [0.25, 0.3) is 0 Å². The normalized spacial score (nSPS) is 17.2. The molecule has 3 aromatic rings. The van der Waals surface area contributed by atoms with Gasteiger partial charge in [-0.2, -0.15) is 5.10 Å². The minimum absolute atomic E-state index is 0.798. The lowest BCUT2D eigenvalue weighted by Gasteiger charge is -2.28. The maximum Gasteiger partial charge on any atom is 0.158 e. The molecule has 0 amide bonds. The molecular formula is C21H23N5OS. The summed E-state index contributed by atoms with van der Waals surface area (Å²) in [6.07, 6.45) is 8.26. The third kappa shape index (κ3) is 3.47. The van der Waals surface area contributed by atoms with E-state index >= 15 is 0 Å². The van der Waals surface area contributed by atoms with Crippen LogP contribution in [0.5, 0.6) is 0 Å². The highest BCUT2D eigenvalue weighted by atomic mass is 32.1. The summed E-state index contributed by atoms with van der Waals surface area (Å²) < 4.78 is 5.42. The summed E-state index contributed by atoms with van der Waals surface area (Å²) in [4.78, 5) is 13.8. The van der Waals surface area contributed by atoms with Crippen molar-refractivity contribution in [1.82, 2.24) is 9.97 Å². The van der Waals surface area contributed by atoms with Gasteiger partial charge in [-0.05, 0) is 48.9 Å². The van der Waals surface area contributed by atoms with Gasteiger partial charge in [-0.1, -0.05) is 12.1 Å². The van der Waals surface area contributed by atoms with Gasteiger partial charge in [0.05, 0.1) is 24.8 Å². The summed E-state index contributed by atoms with van der Waals surface area (Å²) in [5.41, 5.74) is 6.85. The Kier molecular flexibility index (Phi) is 4.93. The fourth-order valence-electron chi connectivity index (χ4n) is 3.94. The van der Waals surface area contributed by atoms with E-state index in [1.165, 1.54) is 29.0 Å². The van der Waals surface area contributed by atoms with Gasteiger partial charge >= 0.3 is 0 Å². The van der Waals surface area contributed by atoms with Crippen molar-refractivity contribution < 1.29 is 4.74 Å². The zero-order valence-electron chi connectivity index (χ0n) is 15.7. The van der Waals surface area contributed by atoms with Crippen molar-refractivity contribution in [1.29, 1.82) is 0 Å². The number of aryl methyl sites for hydroxylation is 2. The van der Waals surface area contributed by atoms with Crippen molar-refractivity contribution in [2.45, 2.75) is 25.7 Å². The van der Waals surface area contributed by atoms with Gasteiger partial charge in [0.1, 0.15) is 11.2 Å². The number of anilines is 2. The van der Waals surface area contributed by atoms with E-state index in [0.29, 0.717) is 0 Å². The molecule has 0 spiro atoms. The average molecular weight is 394 g/mol. The number of thiophene rings is 1. The summed E-state index contributed by atoms with van der Waals surface area (Å²) in [6, 6.07) is 8.48. The van der Waals surface area contributed by atoms with Gasteiger partial charge < -0.3 is 9.64 Å². The number of hydrazone groups is 1. The van der Waals surface area contributed by atoms with Crippen LogP contribution in [-0.4, -0.2) is 42.5 Å². The SMILES string of the molecule is C(=N\Nc1ncnc2sc3c(c12)CCCC3)/c1ccc(N2CCOCC2)cc1. The molecular weight excluding hydrogens is 370 g/mol. The van der Waals surface area contributed by atoms with Gasteiger partial charge in [0.2, 0.25) is 0 Å². The van der Waals surface area contributed by atoms with Crippen LogP contribution in [0.4, 0.5) is 11.5 Å². The van der Waals surface area contributed by atoms with Crippen molar-refractivity contribution in [2.24, 2.45) is 5.10 Å². The van der Waals surface area contributed by atoms with Crippen LogP contribution in [0.3, 0.4) is 0 Å². The summed E-state index contributed by atoms with van der Waals surface area (Å²) in [6.45, 7) is 3.49. The number of ether oxygens (including phenoxy) is 1. The molecule has 2 aromatic heterocycles. The fraction of sp³-hybridized carbons (Fsp3) is 0.381. The molecule has 1 aromatic carbocycles. The number of rotatable bonds is 4. The Hall–Kier alpha value is -2.51. The predicted octanol–water partition coefficient (Wildman–Crippen LogP) is 3.85. The summed E-state index contributed by atoms with van der Waals surface area (Å²) in [5, 5.41) is 5.59. The minimum atomic E-state index is 0.798. The molecule has 144 valence electrons. The molecule has 7 heteroatoms. The first-order valence-electron chi connectivity index (χ1n) is 9.85. The molecule has 2 aliphatic rings. The topological polar surface area (TPSA) is 62.6 Å². The largest absolute Gasteiger partial charge is 0.378 e.